The monoisotopic (exact) mass is 278 g/mol. The highest BCUT2D eigenvalue weighted by Gasteiger charge is 2.14. The summed E-state index contributed by atoms with van der Waals surface area (Å²) in [7, 11) is 0. The molecule has 0 aliphatic rings. The zero-order valence-electron chi connectivity index (χ0n) is 10.9. The Labute approximate surface area is 114 Å². The van der Waals surface area contributed by atoms with Crippen molar-refractivity contribution in [3.63, 3.8) is 0 Å². The Morgan fingerprint density at radius 1 is 1.42 bits per heavy atom. The quantitative estimate of drug-likeness (QED) is 0.686. The van der Waals surface area contributed by atoms with Gasteiger partial charge in [-0.1, -0.05) is 0 Å². The average molecular weight is 278 g/mol. The first-order chi connectivity index (χ1) is 8.97. The first-order valence-electron chi connectivity index (χ1n) is 5.78. The molecule has 0 fully saturated rings. The van der Waals surface area contributed by atoms with Gasteiger partial charge in [0, 0.05) is 10.9 Å². The van der Waals surface area contributed by atoms with E-state index in [0.717, 1.165) is 15.6 Å². The van der Waals surface area contributed by atoms with E-state index in [-0.39, 0.29) is 11.7 Å². The van der Waals surface area contributed by atoms with Gasteiger partial charge in [-0.3, -0.25) is 10.1 Å². The Balaban J connectivity index is 2.12. The maximum absolute atomic E-state index is 10.5. The SMILES string of the molecule is Cc1nc(C)c(C(C)Nc2ccc([N+](=O)[O-])cn2)s1. The molecular formula is C12H14N4O2S. The molecule has 1 N–H and O–H groups in total. The van der Waals surface area contributed by atoms with Crippen molar-refractivity contribution in [3.05, 3.63) is 44.0 Å². The lowest BCUT2D eigenvalue weighted by Gasteiger charge is -2.13. The summed E-state index contributed by atoms with van der Waals surface area (Å²) in [4.78, 5) is 19.6. The van der Waals surface area contributed by atoms with Gasteiger partial charge in [-0.05, 0) is 26.8 Å². The lowest BCUT2D eigenvalue weighted by atomic mass is 10.2. The van der Waals surface area contributed by atoms with Gasteiger partial charge in [-0.2, -0.15) is 0 Å². The predicted molar refractivity (Wildman–Crippen MR) is 74.5 cm³/mol. The van der Waals surface area contributed by atoms with Crippen molar-refractivity contribution >= 4 is 22.8 Å². The second-order valence-electron chi connectivity index (χ2n) is 4.21. The minimum absolute atomic E-state index is 0.0111. The fraction of sp³-hybridized carbons (Fsp3) is 0.333. The highest BCUT2D eigenvalue weighted by atomic mass is 32.1. The van der Waals surface area contributed by atoms with E-state index in [1.54, 1.807) is 17.4 Å². The minimum Gasteiger partial charge on any atom is -0.363 e. The molecule has 7 heteroatoms. The number of nitrogens with one attached hydrogen (secondary N) is 1. The molecule has 1 atom stereocenters. The van der Waals surface area contributed by atoms with Crippen molar-refractivity contribution in [2.24, 2.45) is 0 Å². The number of thiazole rings is 1. The molecule has 0 aromatic carbocycles. The van der Waals surface area contributed by atoms with E-state index in [1.165, 1.54) is 12.3 Å². The van der Waals surface area contributed by atoms with E-state index in [9.17, 15) is 10.1 Å². The van der Waals surface area contributed by atoms with Crippen LogP contribution < -0.4 is 5.32 Å². The van der Waals surface area contributed by atoms with Gasteiger partial charge in [0.1, 0.15) is 12.0 Å². The van der Waals surface area contributed by atoms with Crippen LogP contribution in [0.1, 0.15) is 28.5 Å². The van der Waals surface area contributed by atoms with Crippen LogP contribution in [0.4, 0.5) is 11.5 Å². The summed E-state index contributed by atoms with van der Waals surface area (Å²) in [6, 6.07) is 3.12. The van der Waals surface area contributed by atoms with Gasteiger partial charge >= 0.3 is 0 Å². The van der Waals surface area contributed by atoms with Crippen molar-refractivity contribution < 1.29 is 4.92 Å². The molecular weight excluding hydrogens is 264 g/mol. The molecule has 2 aromatic rings. The average Bonchev–Trinajstić information content (AvgIpc) is 2.69. The molecule has 0 saturated heterocycles. The summed E-state index contributed by atoms with van der Waals surface area (Å²) in [5, 5.41) is 14.8. The lowest BCUT2D eigenvalue weighted by Crippen LogP contribution is -2.07. The van der Waals surface area contributed by atoms with Crippen LogP contribution in [0.15, 0.2) is 18.3 Å². The summed E-state index contributed by atoms with van der Waals surface area (Å²) in [5.41, 5.74) is 0.993. The van der Waals surface area contributed by atoms with Gasteiger partial charge in [0.25, 0.3) is 5.69 Å². The first kappa shape index (κ1) is 13.4. The summed E-state index contributed by atoms with van der Waals surface area (Å²) < 4.78 is 0. The Hall–Kier alpha value is -2.02. The van der Waals surface area contributed by atoms with Gasteiger partial charge < -0.3 is 5.32 Å². The topological polar surface area (TPSA) is 81.0 Å². The molecule has 19 heavy (non-hydrogen) atoms. The number of anilines is 1. The Kier molecular flexibility index (Phi) is 3.75. The predicted octanol–water partition coefficient (Wildman–Crippen LogP) is 3.24. The van der Waals surface area contributed by atoms with Crippen LogP contribution in [0.2, 0.25) is 0 Å². The Morgan fingerprint density at radius 3 is 2.63 bits per heavy atom. The fourth-order valence-electron chi connectivity index (χ4n) is 1.82. The lowest BCUT2D eigenvalue weighted by molar-refractivity contribution is -0.385. The zero-order valence-corrected chi connectivity index (χ0v) is 11.7. The van der Waals surface area contributed by atoms with Crippen molar-refractivity contribution in [1.82, 2.24) is 9.97 Å². The molecule has 2 rings (SSSR count). The number of pyridine rings is 1. The number of aryl methyl sites for hydroxylation is 2. The van der Waals surface area contributed by atoms with E-state index in [1.807, 2.05) is 20.8 Å². The summed E-state index contributed by atoms with van der Waals surface area (Å²) >= 11 is 1.64. The van der Waals surface area contributed by atoms with Gasteiger partial charge in [-0.15, -0.1) is 11.3 Å². The fourth-order valence-corrected chi connectivity index (χ4v) is 2.75. The second-order valence-corrected chi connectivity index (χ2v) is 5.44. The zero-order chi connectivity index (χ0) is 14.0. The maximum Gasteiger partial charge on any atom is 0.287 e. The molecule has 0 aliphatic carbocycles. The van der Waals surface area contributed by atoms with Gasteiger partial charge in [0.2, 0.25) is 0 Å². The third-order valence-corrected chi connectivity index (χ3v) is 3.91. The second kappa shape index (κ2) is 5.31. The number of hydrogen-bond donors (Lipinski definition) is 1. The van der Waals surface area contributed by atoms with E-state index in [2.05, 4.69) is 15.3 Å². The van der Waals surface area contributed by atoms with Crippen LogP contribution >= 0.6 is 11.3 Å². The van der Waals surface area contributed by atoms with Crippen molar-refractivity contribution in [3.8, 4) is 0 Å². The number of hydrogen-bond acceptors (Lipinski definition) is 6. The van der Waals surface area contributed by atoms with Crippen LogP contribution in [0.5, 0.6) is 0 Å². The molecule has 0 bridgehead atoms. The highest BCUT2D eigenvalue weighted by Crippen LogP contribution is 2.27. The number of aromatic nitrogens is 2. The van der Waals surface area contributed by atoms with Gasteiger partial charge in [0.15, 0.2) is 0 Å². The van der Waals surface area contributed by atoms with Crippen LogP contribution in [0, 0.1) is 24.0 Å². The minimum atomic E-state index is -0.461. The largest absolute Gasteiger partial charge is 0.363 e. The highest BCUT2D eigenvalue weighted by molar-refractivity contribution is 7.11. The Bertz CT molecular complexity index is 594. The third-order valence-electron chi connectivity index (χ3n) is 2.66. The number of nitro groups is 1. The molecule has 0 aliphatic heterocycles. The third kappa shape index (κ3) is 3.05. The van der Waals surface area contributed by atoms with E-state index >= 15 is 0 Å². The van der Waals surface area contributed by atoms with Crippen molar-refractivity contribution in [2.75, 3.05) is 5.32 Å². The van der Waals surface area contributed by atoms with Crippen LogP contribution in [-0.4, -0.2) is 14.9 Å². The van der Waals surface area contributed by atoms with Crippen LogP contribution in [0.25, 0.3) is 0 Å². The molecule has 2 aromatic heterocycles. The van der Waals surface area contributed by atoms with Gasteiger partial charge in [-0.25, -0.2) is 9.97 Å². The number of rotatable bonds is 4. The number of nitrogens with zero attached hydrogens (tertiary/aromatic N) is 3. The van der Waals surface area contributed by atoms with E-state index in [0.29, 0.717) is 5.82 Å². The molecule has 6 nitrogen and oxygen atoms in total. The summed E-state index contributed by atoms with van der Waals surface area (Å²) in [5.74, 6) is 0.614. The summed E-state index contributed by atoms with van der Waals surface area (Å²) in [6.45, 7) is 5.96. The smallest absolute Gasteiger partial charge is 0.287 e. The molecule has 0 amide bonds. The van der Waals surface area contributed by atoms with Crippen LogP contribution in [-0.2, 0) is 0 Å². The molecule has 2 heterocycles. The summed E-state index contributed by atoms with van der Waals surface area (Å²) in [6.07, 6.45) is 1.25. The molecule has 0 spiro atoms. The van der Waals surface area contributed by atoms with E-state index in [4.69, 9.17) is 0 Å². The van der Waals surface area contributed by atoms with Gasteiger partial charge in [0.05, 0.1) is 21.7 Å². The standard InChI is InChI=1S/C12H14N4O2S/c1-7-12(19-9(3)14-7)8(2)15-11-5-4-10(6-13-11)16(17)18/h4-6,8H,1-3H3,(H,13,15). The van der Waals surface area contributed by atoms with E-state index < -0.39 is 4.92 Å². The molecule has 0 saturated carbocycles. The maximum atomic E-state index is 10.5. The van der Waals surface area contributed by atoms with Crippen LogP contribution in [0.3, 0.4) is 0 Å². The normalized spacial score (nSPS) is 12.2. The molecule has 0 radical (unpaired) electrons. The van der Waals surface area contributed by atoms with Crippen molar-refractivity contribution in [1.29, 1.82) is 0 Å². The van der Waals surface area contributed by atoms with Crippen molar-refractivity contribution in [2.45, 2.75) is 26.8 Å². The first-order valence-corrected chi connectivity index (χ1v) is 6.60. The Morgan fingerprint density at radius 2 is 2.16 bits per heavy atom. The molecule has 100 valence electrons. The molecule has 1 unspecified atom stereocenters.